The molecule has 1 aliphatic carbocycles. The molecule has 32 heavy (non-hydrogen) atoms. The first-order valence-electron chi connectivity index (χ1n) is 11.3. The number of likely N-dealkylation sites (tertiary alicyclic amines) is 1. The van der Waals surface area contributed by atoms with Gasteiger partial charge in [-0.2, -0.15) is 0 Å². The highest BCUT2D eigenvalue weighted by molar-refractivity contribution is 5.87. The third-order valence-corrected chi connectivity index (χ3v) is 6.86. The maximum Gasteiger partial charge on any atom is 0.257 e. The smallest absolute Gasteiger partial charge is 0.257 e. The number of nitrogens with zero attached hydrogens (tertiary/aromatic N) is 1. The summed E-state index contributed by atoms with van der Waals surface area (Å²) in [5.41, 5.74) is 6.09. The summed E-state index contributed by atoms with van der Waals surface area (Å²) in [6.45, 7) is 2.42. The van der Waals surface area contributed by atoms with Crippen LogP contribution in [0.2, 0.25) is 0 Å². The van der Waals surface area contributed by atoms with E-state index in [-0.39, 0.29) is 18.9 Å². The fourth-order valence-electron chi connectivity index (χ4n) is 4.96. The highest BCUT2D eigenvalue weighted by Gasteiger charge is 2.53. The molecule has 2 fully saturated rings. The molecule has 1 aliphatic heterocycles. The van der Waals surface area contributed by atoms with E-state index in [9.17, 15) is 18.7 Å². The van der Waals surface area contributed by atoms with E-state index in [0.717, 1.165) is 38.2 Å². The van der Waals surface area contributed by atoms with Crippen LogP contribution in [0.5, 0.6) is 0 Å². The number of nitrogen functional groups attached to an aromatic ring is 1. The number of halogens is 2. The van der Waals surface area contributed by atoms with Gasteiger partial charge in [0.25, 0.3) is 5.91 Å². The number of hydrogen-bond donors (Lipinski definition) is 3. The van der Waals surface area contributed by atoms with Gasteiger partial charge in [0, 0.05) is 50.1 Å². The van der Waals surface area contributed by atoms with Crippen LogP contribution in [-0.4, -0.2) is 41.0 Å². The van der Waals surface area contributed by atoms with Crippen LogP contribution in [0.4, 0.5) is 14.5 Å². The first-order chi connectivity index (χ1) is 15.3. The largest absolute Gasteiger partial charge is 0.399 e. The van der Waals surface area contributed by atoms with Crippen molar-refractivity contribution in [2.45, 2.75) is 56.2 Å². The van der Waals surface area contributed by atoms with Crippen molar-refractivity contribution in [2.24, 2.45) is 5.92 Å². The molecular formula is C25H31F2N3O2. The number of amides is 1. The highest BCUT2D eigenvalue weighted by atomic mass is 19.3. The van der Waals surface area contributed by atoms with Crippen LogP contribution >= 0.6 is 0 Å². The number of alkyl halides is 2. The Morgan fingerprint density at radius 1 is 1.09 bits per heavy atom. The number of nitrogens with one attached hydrogen (secondary N) is 1. The summed E-state index contributed by atoms with van der Waals surface area (Å²) in [7, 11) is 0. The van der Waals surface area contributed by atoms with E-state index in [1.54, 1.807) is 30.3 Å². The zero-order chi connectivity index (χ0) is 22.8. The predicted molar refractivity (Wildman–Crippen MR) is 120 cm³/mol. The fourth-order valence-corrected chi connectivity index (χ4v) is 4.96. The first-order valence-corrected chi connectivity index (χ1v) is 11.3. The van der Waals surface area contributed by atoms with E-state index in [1.807, 2.05) is 24.3 Å². The molecule has 0 bridgehead atoms. The monoisotopic (exact) mass is 443 g/mol. The molecule has 2 aromatic carbocycles. The number of carbonyl (C=O) groups is 1. The van der Waals surface area contributed by atoms with Gasteiger partial charge in [0.1, 0.15) is 0 Å². The third kappa shape index (κ3) is 4.94. The number of anilines is 1. The molecule has 4 N–H and O–H groups in total. The average molecular weight is 444 g/mol. The Morgan fingerprint density at radius 2 is 1.75 bits per heavy atom. The third-order valence-electron chi connectivity index (χ3n) is 6.86. The van der Waals surface area contributed by atoms with Crippen molar-refractivity contribution >= 4 is 11.6 Å². The van der Waals surface area contributed by atoms with E-state index >= 15 is 0 Å². The van der Waals surface area contributed by atoms with Crippen molar-refractivity contribution in [1.82, 2.24) is 10.2 Å². The maximum absolute atomic E-state index is 14.0. The summed E-state index contributed by atoms with van der Waals surface area (Å²) >= 11 is 0. The van der Waals surface area contributed by atoms with Gasteiger partial charge in [-0.1, -0.05) is 42.5 Å². The molecule has 1 saturated heterocycles. The van der Waals surface area contributed by atoms with Crippen LogP contribution < -0.4 is 11.1 Å². The van der Waals surface area contributed by atoms with E-state index in [1.165, 1.54) is 5.56 Å². The number of nitrogens with two attached hydrogens (primary N) is 1. The lowest BCUT2D eigenvalue weighted by Gasteiger charge is -2.37. The average Bonchev–Trinajstić information content (AvgIpc) is 3.16. The highest BCUT2D eigenvalue weighted by Crippen LogP contribution is 2.47. The fraction of sp³-hybridized carbons (Fsp3) is 0.480. The molecule has 172 valence electrons. The van der Waals surface area contributed by atoms with E-state index in [0.29, 0.717) is 5.56 Å². The Labute approximate surface area is 187 Å². The predicted octanol–water partition coefficient (Wildman–Crippen LogP) is 3.67. The zero-order valence-corrected chi connectivity index (χ0v) is 18.1. The van der Waals surface area contributed by atoms with Gasteiger partial charge in [-0.3, -0.25) is 9.69 Å². The van der Waals surface area contributed by atoms with Gasteiger partial charge in [-0.15, -0.1) is 0 Å². The van der Waals surface area contributed by atoms with Crippen molar-refractivity contribution in [3.63, 3.8) is 0 Å². The van der Waals surface area contributed by atoms with Crippen LogP contribution in [-0.2, 0) is 16.9 Å². The quantitative estimate of drug-likeness (QED) is 0.596. The normalized spacial score (nSPS) is 23.5. The molecule has 4 rings (SSSR count). The molecule has 0 aromatic heterocycles. The van der Waals surface area contributed by atoms with Gasteiger partial charge in [0.05, 0.1) is 0 Å². The minimum Gasteiger partial charge on any atom is -0.399 e. The number of carbonyl (C=O) groups excluding carboxylic acids is 1. The molecule has 7 heteroatoms. The van der Waals surface area contributed by atoms with Crippen molar-refractivity contribution in [2.75, 3.05) is 18.8 Å². The minimum absolute atomic E-state index is 0.0951. The minimum atomic E-state index is -2.85. The van der Waals surface area contributed by atoms with Crippen LogP contribution in [0, 0.1) is 5.92 Å². The SMILES string of the molecule is Nc1ccc(CN2CCC(NC(=O)C(O)(c3ccccc3)[C@@H]3CCC(F)(F)C3)CC2)cc1. The summed E-state index contributed by atoms with van der Waals surface area (Å²) in [6, 6.07) is 16.2. The molecule has 1 saturated carbocycles. The van der Waals surface area contributed by atoms with E-state index in [4.69, 9.17) is 5.73 Å². The lowest BCUT2D eigenvalue weighted by molar-refractivity contribution is -0.149. The second-order valence-electron chi connectivity index (χ2n) is 9.19. The molecule has 2 aromatic rings. The Balaban J connectivity index is 1.40. The van der Waals surface area contributed by atoms with Gasteiger partial charge in [-0.25, -0.2) is 8.78 Å². The van der Waals surface area contributed by atoms with Gasteiger partial charge >= 0.3 is 0 Å². The second kappa shape index (κ2) is 9.16. The maximum atomic E-state index is 14.0. The number of hydrogen-bond acceptors (Lipinski definition) is 4. The van der Waals surface area contributed by atoms with Gasteiger partial charge in [0.2, 0.25) is 5.92 Å². The summed E-state index contributed by atoms with van der Waals surface area (Å²) in [6.07, 6.45) is 0.820. The molecule has 5 nitrogen and oxygen atoms in total. The number of benzene rings is 2. The lowest BCUT2D eigenvalue weighted by atomic mass is 9.79. The zero-order valence-electron chi connectivity index (χ0n) is 18.1. The van der Waals surface area contributed by atoms with Crippen molar-refractivity contribution < 1.29 is 18.7 Å². The molecule has 0 spiro atoms. The Kier molecular flexibility index (Phi) is 6.49. The molecule has 2 atom stereocenters. The number of piperidine rings is 1. The summed E-state index contributed by atoms with van der Waals surface area (Å²) < 4.78 is 27.9. The van der Waals surface area contributed by atoms with Crippen molar-refractivity contribution in [1.29, 1.82) is 0 Å². The van der Waals surface area contributed by atoms with Gasteiger partial charge < -0.3 is 16.2 Å². The van der Waals surface area contributed by atoms with E-state index < -0.39 is 29.8 Å². The Hall–Kier alpha value is -2.51. The summed E-state index contributed by atoms with van der Waals surface area (Å²) in [5, 5.41) is 14.5. The molecule has 1 unspecified atom stereocenters. The molecular weight excluding hydrogens is 412 g/mol. The van der Waals surface area contributed by atoms with Crippen LogP contribution in [0.25, 0.3) is 0 Å². The van der Waals surface area contributed by atoms with Crippen LogP contribution in [0.15, 0.2) is 54.6 Å². The van der Waals surface area contributed by atoms with E-state index in [2.05, 4.69) is 10.2 Å². The number of rotatable bonds is 6. The van der Waals surface area contributed by atoms with Crippen molar-refractivity contribution in [3.05, 3.63) is 65.7 Å². The standard InChI is InChI=1S/C25H31F2N3O2/c26-24(27)13-10-20(16-24)25(32,19-4-2-1-3-5-19)23(31)29-22-11-14-30(15-12-22)17-18-6-8-21(28)9-7-18/h1-9,20,22,32H,10-17,28H2,(H,29,31)/t20-,25?/m1/s1. The van der Waals surface area contributed by atoms with Crippen LogP contribution in [0.3, 0.4) is 0 Å². The summed E-state index contributed by atoms with van der Waals surface area (Å²) in [5.74, 6) is -4.23. The first kappa shape index (κ1) is 22.7. The Morgan fingerprint density at radius 3 is 2.34 bits per heavy atom. The number of aliphatic hydroxyl groups is 1. The molecule has 1 amide bonds. The second-order valence-corrected chi connectivity index (χ2v) is 9.19. The molecule has 0 radical (unpaired) electrons. The van der Waals surface area contributed by atoms with Gasteiger partial charge in [0.15, 0.2) is 5.60 Å². The van der Waals surface area contributed by atoms with Gasteiger partial charge in [-0.05, 0) is 42.5 Å². The topological polar surface area (TPSA) is 78.6 Å². The van der Waals surface area contributed by atoms with Crippen LogP contribution in [0.1, 0.15) is 43.2 Å². The van der Waals surface area contributed by atoms with Crippen molar-refractivity contribution in [3.8, 4) is 0 Å². The Bertz CT molecular complexity index is 915. The molecule has 1 heterocycles. The summed E-state index contributed by atoms with van der Waals surface area (Å²) in [4.78, 5) is 15.6. The lowest BCUT2D eigenvalue weighted by Crippen LogP contribution is -2.54. The molecule has 2 aliphatic rings.